The molecule has 5 aliphatic carbocycles. The molecule has 0 radical (unpaired) electrons. The number of ether oxygens (including phenoxy) is 9. The fourth-order valence-corrected chi connectivity index (χ4v) is 15.9. The van der Waals surface area contributed by atoms with Crippen molar-refractivity contribution in [1.29, 1.82) is 0 Å². The number of rotatable bonds is 12. The van der Waals surface area contributed by atoms with Gasteiger partial charge in [-0.25, -0.2) is 4.79 Å². The van der Waals surface area contributed by atoms with E-state index in [4.69, 9.17) is 42.6 Å². The van der Waals surface area contributed by atoms with Gasteiger partial charge < -0.3 is 88.6 Å². The summed E-state index contributed by atoms with van der Waals surface area (Å²) >= 11 is 0. The Hall–Kier alpha value is -2.94. The van der Waals surface area contributed by atoms with Crippen molar-refractivity contribution < 1.29 is 108 Å². The molecule has 9 N–H and O–H groups in total. The molecule has 0 bridgehead atoms. The first-order valence-corrected chi connectivity index (χ1v) is 26.6. The maximum atomic E-state index is 12.8. The predicted octanol–water partition coefficient (Wildman–Crippen LogP) is 0.999. The van der Waals surface area contributed by atoms with Crippen molar-refractivity contribution >= 4 is 23.9 Å². The Labute approximate surface area is 437 Å². The summed E-state index contributed by atoms with van der Waals surface area (Å²) in [7, 11) is 0. The number of carbonyl (C=O) groups is 4. The van der Waals surface area contributed by atoms with Crippen molar-refractivity contribution in [2.75, 3.05) is 19.8 Å². The molecule has 22 nitrogen and oxygen atoms in total. The maximum Gasteiger partial charge on any atom is 0.335 e. The van der Waals surface area contributed by atoms with E-state index >= 15 is 0 Å². The van der Waals surface area contributed by atoms with Gasteiger partial charge in [-0.1, -0.05) is 53.2 Å². The average molecular weight is 1070 g/mol. The molecule has 0 aromatic heterocycles. The lowest BCUT2D eigenvalue weighted by atomic mass is 9.33. The van der Waals surface area contributed by atoms with Crippen LogP contribution in [0.15, 0.2) is 11.6 Å². The molecule has 3 aliphatic heterocycles. The van der Waals surface area contributed by atoms with Crippen molar-refractivity contribution in [3.63, 3.8) is 0 Å². The van der Waals surface area contributed by atoms with Crippen LogP contribution in [-0.2, 0) is 61.8 Å². The molecule has 8 rings (SSSR count). The smallest absolute Gasteiger partial charge is 0.335 e. The number of aliphatic hydroxyl groups is 8. The molecule has 7 fully saturated rings. The number of aliphatic carboxylic acids is 1. The highest BCUT2D eigenvalue weighted by atomic mass is 16.8. The van der Waals surface area contributed by atoms with Crippen LogP contribution in [0.1, 0.15) is 121 Å². The van der Waals surface area contributed by atoms with E-state index in [0.29, 0.717) is 44.9 Å². The SMILES string of the molecule is CC(=O)O[C@@H]1[C@@H](OC(C)=O)[C@H](C)O[C@@H](O[C@H]2[C@@H](O)[C@]3(C)CC[C@]4(C)C(=CC[C@@H]5[C@@]6(C)CC[C@H](O[C@@H]7O[C@H](C(=O)O)[C@@H](O)[C@H](O)[C@H]7O[C@@H]7OC[C@@H](O)[C@H](O)[C@H]7O)[C@@](C)(CO)[C@@H]6CC[C@]54C)[C@@H]3C[C@]2(C)CO)[C@@H]1OC(C)=O. The maximum absolute atomic E-state index is 12.8. The van der Waals surface area contributed by atoms with Gasteiger partial charge in [0.1, 0.15) is 36.6 Å². The lowest BCUT2D eigenvalue weighted by Crippen LogP contribution is -2.69. The number of carboxylic acids is 1. The van der Waals surface area contributed by atoms with Gasteiger partial charge in [-0.2, -0.15) is 0 Å². The van der Waals surface area contributed by atoms with Gasteiger partial charge in [0.15, 0.2) is 43.3 Å². The summed E-state index contributed by atoms with van der Waals surface area (Å²) in [5.41, 5.74) is -2.67. The van der Waals surface area contributed by atoms with E-state index < -0.39 is 158 Å². The molecule has 0 unspecified atom stereocenters. The Kier molecular flexibility index (Phi) is 16.3. The van der Waals surface area contributed by atoms with Gasteiger partial charge in [0.05, 0.1) is 44.2 Å². The van der Waals surface area contributed by atoms with Gasteiger partial charge in [-0.05, 0) is 92.3 Å². The van der Waals surface area contributed by atoms with E-state index in [-0.39, 0.29) is 40.6 Å². The zero-order valence-corrected chi connectivity index (χ0v) is 44.7. The van der Waals surface area contributed by atoms with Crippen LogP contribution in [0.5, 0.6) is 0 Å². The topological polar surface area (TPSA) is 333 Å². The average Bonchev–Trinajstić information content (AvgIpc) is 3.33. The van der Waals surface area contributed by atoms with Gasteiger partial charge in [0, 0.05) is 37.0 Å². The zero-order valence-electron chi connectivity index (χ0n) is 44.7. The highest BCUT2D eigenvalue weighted by molar-refractivity contribution is 5.73. The molecule has 4 saturated carbocycles. The Bertz CT molecular complexity index is 2180. The van der Waals surface area contributed by atoms with Crippen LogP contribution in [0.3, 0.4) is 0 Å². The normalized spacial score (nSPS) is 51.6. The van der Waals surface area contributed by atoms with Gasteiger partial charge in [0.25, 0.3) is 0 Å². The largest absolute Gasteiger partial charge is 0.479 e. The summed E-state index contributed by atoms with van der Waals surface area (Å²) in [6.45, 7) is 16.8. The Balaban J connectivity index is 1.06. The quantitative estimate of drug-likeness (QED) is 0.0570. The molecule has 3 heterocycles. The first-order chi connectivity index (χ1) is 35.0. The van der Waals surface area contributed by atoms with Crippen LogP contribution in [0.2, 0.25) is 0 Å². The lowest BCUT2D eigenvalue weighted by Gasteiger charge is -2.72. The second-order valence-electron chi connectivity index (χ2n) is 24.7. The molecule has 8 aliphatic rings. The fraction of sp³-hybridized carbons (Fsp3) is 0.887. The standard InChI is InChI=1S/C53H82O22/c1-23-37(69-24(2)56)40(70-25(3)57)41(71-26(4)58)47(68-23)75-43-42(64)49(6)17-18-52(9)27(28(49)19-48(43,5)21-54)11-12-31-50(7)15-14-32(51(8,22-55)30(50)13-16-53(31,52)10)72-46-39(35(62)34(61)38(73-46)44(65)66)74-45-36(63)33(60)29(59)20-67-45/h11,23,28-43,45-47,54-55,59-64H,12-22H2,1-10H3,(H,65,66)/t23-,28-,29+,30+,31+,32-,33-,34-,35-,36+,37-,38-,39+,40+,41+,42+,43-,45-,46+,47-,48+,49+,50-,51-,52+,53+/m0/s1. The van der Waals surface area contributed by atoms with Gasteiger partial charge in [-0.3, -0.25) is 14.4 Å². The van der Waals surface area contributed by atoms with Crippen LogP contribution in [-0.4, -0.2) is 194 Å². The monoisotopic (exact) mass is 1070 g/mol. The molecule has 0 aromatic carbocycles. The van der Waals surface area contributed by atoms with E-state index in [1.54, 1.807) is 6.92 Å². The number of fused-ring (bicyclic) bond motifs is 7. The first-order valence-electron chi connectivity index (χ1n) is 26.6. The van der Waals surface area contributed by atoms with Gasteiger partial charge >= 0.3 is 23.9 Å². The number of carbonyl (C=O) groups excluding carboxylic acids is 3. The van der Waals surface area contributed by atoms with Crippen LogP contribution in [0, 0.1) is 50.2 Å². The second kappa shape index (κ2) is 20.9. The van der Waals surface area contributed by atoms with E-state index in [0.717, 1.165) is 6.42 Å². The first kappa shape index (κ1) is 58.2. The summed E-state index contributed by atoms with van der Waals surface area (Å²) < 4.78 is 53.7. The third kappa shape index (κ3) is 9.58. The van der Waals surface area contributed by atoms with E-state index in [2.05, 4.69) is 26.8 Å². The molecular weight excluding hydrogens is 989 g/mol. The number of esters is 3. The second-order valence-corrected chi connectivity index (χ2v) is 24.7. The molecule has 3 saturated heterocycles. The summed E-state index contributed by atoms with van der Waals surface area (Å²) in [6.07, 6.45) is -17.8. The van der Waals surface area contributed by atoms with E-state index in [1.807, 2.05) is 20.8 Å². The third-order valence-corrected chi connectivity index (χ3v) is 20.4. The summed E-state index contributed by atoms with van der Waals surface area (Å²) in [4.78, 5) is 49.5. The molecular formula is C53H82O22. The van der Waals surface area contributed by atoms with Gasteiger partial charge in [0.2, 0.25) is 0 Å². The number of aliphatic hydroxyl groups excluding tert-OH is 8. The molecule has 0 aromatic rings. The zero-order chi connectivity index (χ0) is 55.3. The summed E-state index contributed by atoms with van der Waals surface area (Å²) in [5, 5.41) is 99.0. The third-order valence-electron chi connectivity index (χ3n) is 20.4. The molecule has 0 spiro atoms. The van der Waals surface area contributed by atoms with Crippen LogP contribution in [0.25, 0.3) is 0 Å². The molecule has 0 amide bonds. The minimum atomic E-state index is -1.99. The van der Waals surface area contributed by atoms with Crippen molar-refractivity contribution in [2.24, 2.45) is 50.2 Å². The van der Waals surface area contributed by atoms with Crippen LogP contribution < -0.4 is 0 Å². The van der Waals surface area contributed by atoms with Crippen LogP contribution in [0.4, 0.5) is 0 Å². The minimum absolute atomic E-state index is 0.0919. The van der Waals surface area contributed by atoms with Crippen molar-refractivity contribution in [3.05, 3.63) is 11.6 Å². The Morgan fingerprint density at radius 1 is 0.653 bits per heavy atom. The van der Waals surface area contributed by atoms with Crippen LogP contribution >= 0.6 is 0 Å². The van der Waals surface area contributed by atoms with E-state index in [9.17, 15) is 65.1 Å². The van der Waals surface area contributed by atoms with Gasteiger partial charge in [-0.15, -0.1) is 0 Å². The molecule has 26 atom stereocenters. The predicted molar refractivity (Wildman–Crippen MR) is 256 cm³/mol. The lowest BCUT2D eigenvalue weighted by molar-refractivity contribution is -0.367. The van der Waals surface area contributed by atoms with Crippen molar-refractivity contribution in [3.8, 4) is 0 Å². The summed E-state index contributed by atoms with van der Waals surface area (Å²) in [6, 6.07) is 0. The van der Waals surface area contributed by atoms with Crippen molar-refractivity contribution in [1.82, 2.24) is 0 Å². The number of hydrogen-bond acceptors (Lipinski definition) is 21. The fourth-order valence-electron chi connectivity index (χ4n) is 15.9. The van der Waals surface area contributed by atoms with E-state index in [1.165, 1.54) is 26.3 Å². The summed E-state index contributed by atoms with van der Waals surface area (Å²) in [5.74, 6) is -3.99. The highest BCUT2D eigenvalue weighted by Gasteiger charge is 2.71. The highest BCUT2D eigenvalue weighted by Crippen LogP contribution is 2.76. The molecule has 75 heavy (non-hydrogen) atoms. The number of hydrogen-bond donors (Lipinski definition) is 9. The molecule has 426 valence electrons. The number of allylic oxidation sites excluding steroid dienone is 2. The Morgan fingerprint density at radius 3 is 1.89 bits per heavy atom. The Morgan fingerprint density at radius 2 is 1.28 bits per heavy atom. The molecule has 22 heteroatoms. The number of carboxylic acid groups (broad SMARTS) is 1. The van der Waals surface area contributed by atoms with Crippen molar-refractivity contribution in [2.45, 2.75) is 225 Å². The minimum Gasteiger partial charge on any atom is -0.479 e.